The second-order valence-electron chi connectivity index (χ2n) is 7.30. The summed E-state index contributed by atoms with van der Waals surface area (Å²) >= 11 is 0. The largest absolute Gasteiger partial charge is 0.494 e. The number of benzene rings is 3. The summed E-state index contributed by atoms with van der Waals surface area (Å²) in [6.07, 6.45) is 0.853. The smallest absolute Gasteiger partial charge is 0.282 e. The van der Waals surface area contributed by atoms with Crippen molar-refractivity contribution in [3.8, 4) is 5.75 Å². The van der Waals surface area contributed by atoms with Gasteiger partial charge in [0.25, 0.3) is 11.8 Å². The van der Waals surface area contributed by atoms with Gasteiger partial charge in [0.1, 0.15) is 17.3 Å². The lowest BCUT2D eigenvalue weighted by atomic mass is 10.0. The molecule has 6 heteroatoms. The van der Waals surface area contributed by atoms with Gasteiger partial charge in [-0.1, -0.05) is 31.2 Å². The van der Waals surface area contributed by atoms with Crippen molar-refractivity contribution < 1.29 is 18.7 Å². The number of rotatable bonds is 7. The molecule has 0 atom stereocenters. The molecule has 0 fully saturated rings. The van der Waals surface area contributed by atoms with E-state index >= 15 is 0 Å². The molecule has 0 saturated carbocycles. The van der Waals surface area contributed by atoms with Crippen LogP contribution in [0.15, 0.2) is 78.5 Å². The fraction of sp³-hybridized carbons (Fsp3) is 0.154. The maximum Gasteiger partial charge on any atom is 0.282 e. The summed E-state index contributed by atoms with van der Waals surface area (Å²) < 4.78 is 19.0. The van der Waals surface area contributed by atoms with E-state index in [1.165, 1.54) is 24.3 Å². The summed E-state index contributed by atoms with van der Waals surface area (Å²) in [5, 5.41) is 3.09. The van der Waals surface area contributed by atoms with Gasteiger partial charge in [-0.2, -0.15) is 0 Å². The molecule has 5 nitrogen and oxygen atoms in total. The first-order chi connectivity index (χ1) is 15.5. The first kappa shape index (κ1) is 21.3. The van der Waals surface area contributed by atoms with Gasteiger partial charge in [-0.25, -0.2) is 9.29 Å². The molecule has 4 rings (SSSR count). The molecule has 0 unspecified atom stereocenters. The molecule has 0 aromatic heterocycles. The lowest BCUT2D eigenvalue weighted by Crippen LogP contribution is -2.32. The number of amides is 2. The number of carbonyl (C=O) groups excluding carboxylic acids is 2. The average Bonchev–Trinajstić information content (AvgIpc) is 3.05. The van der Waals surface area contributed by atoms with Crippen LogP contribution in [-0.2, 0) is 16.0 Å². The van der Waals surface area contributed by atoms with E-state index in [0.717, 1.165) is 16.9 Å². The minimum absolute atomic E-state index is 0.144. The van der Waals surface area contributed by atoms with Crippen molar-refractivity contribution in [3.05, 3.63) is 95.4 Å². The molecule has 3 aromatic carbocycles. The summed E-state index contributed by atoms with van der Waals surface area (Å²) in [7, 11) is 0. The number of carbonyl (C=O) groups is 2. The molecule has 1 aliphatic rings. The Morgan fingerprint density at radius 1 is 0.844 bits per heavy atom. The maximum absolute atomic E-state index is 13.5. The quantitative estimate of drug-likeness (QED) is 0.525. The van der Waals surface area contributed by atoms with Gasteiger partial charge < -0.3 is 10.1 Å². The molecule has 0 bridgehead atoms. The van der Waals surface area contributed by atoms with Gasteiger partial charge in [-0.3, -0.25) is 9.59 Å². The van der Waals surface area contributed by atoms with Crippen molar-refractivity contribution in [1.29, 1.82) is 0 Å². The molecule has 1 aliphatic heterocycles. The highest BCUT2D eigenvalue weighted by Crippen LogP contribution is 2.34. The third kappa shape index (κ3) is 4.12. The Morgan fingerprint density at radius 3 is 2.09 bits per heavy atom. The number of hydrogen-bond donors (Lipinski definition) is 1. The van der Waals surface area contributed by atoms with E-state index in [1.807, 2.05) is 26.0 Å². The third-order valence-corrected chi connectivity index (χ3v) is 5.25. The lowest BCUT2D eigenvalue weighted by molar-refractivity contribution is -0.120. The summed E-state index contributed by atoms with van der Waals surface area (Å²) in [5.41, 5.74) is 3.03. The zero-order chi connectivity index (χ0) is 22.7. The molecule has 0 spiro atoms. The summed E-state index contributed by atoms with van der Waals surface area (Å²) in [5.74, 6) is -0.636. The van der Waals surface area contributed by atoms with Crippen molar-refractivity contribution >= 4 is 28.8 Å². The highest BCUT2D eigenvalue weighted by atomic mass is 19.1. The van der Waals surface area contributed by atoms with Gasteiger partial charge in [0.2, 0.25) is 0 Å². The second-order valence-corrected chi connectivity index (χ2v) is 7.30. The van der Waals surface area contributed by atoms with Crippen molar-refractivity contribution in [3.63, 3.8) is 0 Å². The van der Waals surface area contributed by atoms with Gasteiger partial charge in [0.15, 0.2) is 0 Å². The molecule has 0 saturated heterocycles. The van der Waals surface area contributed by atoms with Crippen LogP contribution < -0.4 is 15.0 Å². The van der Waals surface area contributed by atoms with E-state index in [2.05, 4.69) is 5.32 Å². The van der Waals surface area contributed by atoms with Gasteiger partial charge in [-0.05, 0) is 73.0 Å². The highest BCUT2D eigenvalue weighted by Gasteiger charge is 2.40. The van der Waals surface area contributed by atoms with Crippen LogP contribution >= 0.6 is 0 Å². The number of hydrogen-bond acceptors (Lipinski definition) is 4. The van der Waals surface area contributed by atoms with E-state index in [-0.39, 0.29) is 11.3 Å². The summed E-state index contributed by atoms with van der Waals surface area (Å²) in [4.78, 5) is 27.9. The van der Waals surface area contributed by atoms with Gasteiger partial charge in [0, 0.05) is 5.69 Å². The summed E-state index contributed by atoms with van der Waals surface area (Å²) in [6, 6.07) is 20.0. The van der Waals surface area contributed by atoms with Crippen LogP contribution in [0, 0.1) is 5.82 Å². The fourth-order valence-corrected chi connectivity index (χ4v) is 3.59. The Balaban J connectivity index is 1.74. The third-order valence-electron chi connectivity index (χ3n) is 5.25. The number of nitrogens with zero attached hydrogens (tertiary/aromatic N) is 1. The van der Waals surface area contributed by atoms with Crippen molar-refractivity contribution in [1.82, 2.24) is 0 Å². The van der Waals surface area contributed by atoms with Crippen LogP contribution in [0.2, 0.25) is 0 Å². The summed E-state index contributed by atoms with van der Waals surface area (Å²) in [6.45, 7) is 4.48. The molecule has 1 heterocycles. The molecule has 1 N–H and O–H groups in total. The molecule has 2 amide bonds. The average molecular weight is 430 g/mol. The van der Waals surface area contributed by atoms with E-state index in [0.29, 0.717) is 29.3 Å². The van der Waals surface area contributed by atoms with Crippen LogP contribution in [0.5, 0.6) is 5.75 Å². The first-order valence-electron chi connectivity index (χ1n) is 10.5. The monoisotopic (exact) mass is 430 g/mol. The number of aryl methyl sites for hydroxylation is 1. The first-order valence-corrected chi connectivity index (χ1v) is 10.5. The van der Waals surface area contributed by atoms with Gasteiger partial charge in [0.05, 0.1) is 17.9 Å². The van der Waals surface area contributed by atoms with E-state index < -0.39 is 17.6 Å². The zero-order valence-corrected chi connectivity index (χ0v) is 17.9. The number of ether oxygens (including phenoxy) is 1. The van der Waals surface area contributed by atoms with Crippen LogP contribution in [0.4, 0.5) is 15.8 Å². The van der Waals surface area contributed by atoms with Crippen molar-refractivity contribution in [2.75, 3.05) is 16.8 Å². The SMILES string of the molecule is CCOc1ccc(NC2=C(c3ccc(F)cc3)C(=O)N(c3ccc(CC)cc3)C2=O)cc1. The molecular formula is C26H23FN2O3. The van der Waals surface area contributed by atoms with Gasteiger partial charge in [-0.15, -0.1) is 0 Å². The van der Waals surface area contributed by atoms with Crippen molar-refractivity contribution in [2.24, 2.45) is 0 Å². The zero-order valence-electron chi connectivity index (χ0n) is 17.9. The van der Waals surface area contributed by atoms with E-state index in [1.54, 1.807) is 36.4 Å². The Morgan fingerprint density at radius 2 is 1.50 bits per heavy atom. The van der Waals surface area contributed by atoms with E-state index in [9.17, 15) is 14.0 Å². The molecule has 0 aliphatic carbocycles. The maximum atomic E-state index is 13.5. The number of imide groups is 1. The normalized spacial score (nSPS) is 13.7. The molecule has 0 radical (unpaired) electrons. The van der Waals surface area contributed by atoms with E-state index in [4.69, 9.17) is 4.74 Å². The fourth-order valence-electron chi connectivity index (χ4n) is 3.59. The number of nitrogens with one attached hydrogen (secondary N) is 1. The van der Waals surface area contributed by atoms with Crippen LogP contribution in [-0.4, -0.2) is 18.4 Å². The molecule has 162 valence electrons. The van der Waals surface area contributed by atoms with Gasteiger partial charge >= 0.3 is 0 Å². The minimum atomic E-state index is -0.465. The molecular weight excluding hydrogens is 407 g/mol. The highest BCUT2D eigenvalue weighted by molar-refractivity contribution is 6.46. The second kappa shape index (κ2) is 9.06. The minimum Gasteiger partial charge on any atom is -0.494 e. The molecule has 32 heavy (non-hydrogen) atoms. The Hall–Kier alpha value is -3.93. The van der Waals surface area contributed by atoms with Crippen LogP contribution in [0.1, 0.15) is 25.0 Å². The van der Waals surface area contributed by atoms with Crippen LogP contribution in [0.25, 0.3) is 5.57 Å². The number of halogens is 1. The van der Waals surface area contributed by atoms with Crippen molar-refractivity contribution in [2.45, 2.75) is 20.3 Å². The standard InChI is InChI=1S/C26H23FN2O3/c1-3-17-5-13-21(14-6-17)29-25(30)23(18-7-9-19(27)10-8-18)24(26(29)31)28-20-11-15-22(16-12-20)32-4-2/h5-16,28H,3-4H2,1-2H3. The Kier molecular flexibility index (Phi) is 6.03. The topological polar surface area (TPSA) is 58.6 Å². The molecule has 3 aromatic rings. The predicted molar refractivity (Wildman–Crippen MR) is 123 cm³/mol. The predicted octanol–water partition coefficient (Wildman–Crippen LogP) is 5.18. The van der Waals surface area contributed by atoms with Crippen LogP contribution in [0.3, 0.4) is 0 Å². The Bertz CT molecular complexity index is 1170. The lowest BCUT2D eigenvalue weighted by Gasteiger charge is -2.16. The Labute approximate surface area is 186 Å². The number of anilines is 2.